The zero-order valence-electron chi connectivity index (χ0n) is 12.5. The summed E-state index contributed by atoms with van der Waals surface area (Å²) < 4.78 is 5.19. The molecule has 2 N–H and O–H groups in total. The summed E-state index contributed by atoms with van der Waals surface area (Å²) in [4.78, 5) is 10.7. The molecule has 2 aromatic rings. The van der Waals surface area contributed by atoms with Crippen LogP contribution in [-0.4, -0.2) is 30.3 Å². The van der Waals surface area contributed by atoms with Crippen molar-refractivity contribution >= 4 is 11.8 Å². The molecule has 0 spiro atoms. The van der Waals surface area contributed by atoms with Crippen LogP contribution in [0.25, 0.3) is 0 Å². The first kappa shape index (κ1) is 15.3. The van der Waals surface area contributed by atoms with E-state index in [1.807, 2.05) is 30.3 Å². The lowest BCUT2D eigenvalue weighted by atomic mass is 10.2. The Hall–Kier alpha value is -2.57. The summed E-state index contributed by atoms with van der Waals surface area (Å²) in [5, 5.41) is 24.0. The Bertz CT molecular complexity index is 675. The maximum Gasteiger partial charge on any atom is 0.405 e. The van der Waals surface area contributed by atoms with Crippen molar-refractivity contribution in [1.82, 2.24) is 9.96 Å². The van der Waals surface area contributed by atoms with Crippen molar-refractivity contribution in [2.24, 2.45) is 0 Å². The number of nitrogens with one attached hydrogen (secondary N) is 1. The molecule has 0 saturated carbocycles. The predicted molar refractivity (Wildman–Crippen MR) is 87.4 cm³/mol. The molecule has 1 saturated heterocycles. The third-order valence-corrected chi connectivity index (χ3v) is 3.97. The van der Waals surface area contributed by atoms with E-state index >= 15 is 0 Å². The van der Waals surface area contributed by atoms with Crippen molar-refractivity contribution in [3.8, 4) is 11.5 Å². The molecule has 1 aliphatic rings. The van der Waals surface area contributed by atoms with E-state index < -0.39 is 10.7 Å². The summed E-state index contributed by atoms with van der Waals surface area (Å²) in [6.45, 7) is 0.578. The summed E-state index contributed by atoms with van der Waals surface area (Å²) in [5.41, 5.74) is 0.611. The molecule has 2 aromatic carbocycles. The molecule has 0 aromatic heterocycles. The van der Waals surface area contributed by atoms with Crippen LogP contribution >= 0.6 is 0 Å². The third kappa shape index (κ3) is 3.61. The highest BCUT2D eigenvalue weighted by Gasteiger charge is 2.34. The molecular formula is C17H18N2O4. The highest BCUT2D eigenvalue weighted by atomic mass is 16.5. The fourth-order valence-corrected chi connectivity index (χ4v) is 2.84. The van der Waals surface area contributed by atoms with Crippen molar-refractivity contribution in [2.45, 2.75) is 12.5 Å². The van der Waals surface area contributed by atoms with Gasteiger partial charge in [0.05, 0.1) is 12.6 Å². The van der Waals surface area contributed by atoms with Crippen LogP contribution in [0.3, 0.4) is 0 Å². The van der Waals surface area contributed by atoms with Gasteiger partial charge in [-0.05, 0) is 24.3 Å². The minimum atomic E-state index is -1.09. The lowest BCUT2D eigenvalue weighted by molar-refractivity contribution is 0.190. The molecule has 23 heavy (non-hydrogen) atoms. The van der Waals surface area contributed by atoms with E-state index in [0.717, 1.165) is 5.75 Å². The number of nitrogens with zero attached hydrogens (tertiary/aromatic N) is 1. The molecule has 0 bridgehead atoms. The zero-order valence-corrected chi connectivity index (χ0v) is 12.5. The summed E-state index contributed by atoms with van der Waals surface area (Å²) in [6.07, 6.45) is -0.548. The minimum absolute atomic E-state index is 0.213. The molecule has 6 nitrogen and oxygen atoms in total. The topological polar surface area (TPSA) is 81.6 Å². The fraction of sp³-hybridized carbons (Fsp3) is 0.235. The number of ether oxygens (including phenoxy) is 1. The van der Waals surface area contributed by atoms with Crippen LogP contribution in [-0.2, 0) is 0 Å². The molecule has 0 radical (unpaired) electrons. The number of hydroxylamine groups is 2. The summed E-state index contributed by atoms with van der Waals surface area (Å²) in [5.74, 6) is 1.39. The van der Waals surface area contributed by atoms with Gasteiger partial charge in [0, 0.05) is 18.6 Å². The number of hydrogen-bond acceptors (Lipinski definition) is 3. The average Bonchev–Trinajstić information content (AvgIpc) is 2.90. The highest BCUT2D eigenvalue weighted by Crippen LogP contribution is 2.31. The predicted octanol–water partition coefficient (Wildman–Crippen LogP) is 3.32. The Labute approximate surface area is 134 Å². The maximum atomic E-state index is 12.8. The van der Waals surface area contributed by atoms with Crippen LogP contribution < -0.4 is 14.7 Å². The van der Waals surface area contributed by atoms with Gasteiger partial charge in [-0.1, -0.05) is 18.2 Å². The molecule has 120 valence electrons. The molecule has 6 heteroatoms. The van der Waals surface area contributed by atoms with Gasteiger partial charge in [0.2, 0.25) is 0 Å². The van der Waals surface area contributed by atoms with Gasteiger partial charge in [0.1, 0.15) is 23.7 Å². The van der Waals surface area contributed by atoms with Crippen molar-refractivity contribution in [3.05, 3.63) is 59.8 Å². The first-order valence-corrected chi connectivity index (χ1v) is 7.46. The van der Waals surface area contributed by atoms with Gasteiger partial charge in [-0.2, -0.15) is 0 Å². The van der Waals surface area contributed by atoms with Crippen molar-refractivity contribution in [3.63, 3.8) is 0 Å². The first-order valence-electron chi connectivity index (χ1n) is 7.46. The van der Waals surface area contributed by atoms with Crippen LogP contribution in [0.1, 0.15) is 6.42 Å². The van der Waals surface area contributed by atoms with Crippen LogP contribution in [0.15, 0.2) is 54.6 Å². The van der Waals surface area contributed by atoms with Crippen LogP contribution in [0.4, 0.5) is 10.5 Å². The molecular weight excluding hydrogens is 296 g/mol. The standard InChI is InChI=1S/C17H18N2O4/c20-17(21)18-13-10-11-19(22,12-13)14-6-8-16(9-7-14)23-15-4-2-1-3-5-15/h1-9,13,18H,10-12H2,(H,20,21). The third-order valence-electron chi connectivity index (χ3n) is 3.97. The van der Waals surface area contributed by atoms with Gasteiger partial charge in [-0.15, -0.1) is 0 Å². The Morgan fingerprint density at radius 3 is 2.43 bits per heavy atom. The molecule has 2 atom stereocenters. The molecule has 1 fully saturated rings. The van der Waals surface area contributed by atoms with Gasteiger partial charge < -0.3 is 25.0 Å². The number of carbonyl (C=O) groups is 1. The Morgan fingerprint density at radius 2 is 1.78 bits per heavy atom. The van der Waals surface area contributed by atoms with Gasteiger partial charge >= 0.3 is 6.09 Å². The normalized spacial score (nSPS) is 23.4. The first-order chi connectivity index (χ1) is 11.0. The molecule has 1 aliphatic heterocycles. The van der Waals surface area contributed by atoms with Crippen molar-refractivity contribution < 1.29 is 14.6 Å². The number of rotatable bonds is 4. The van der Waals surface area contributed by atoms with E-state index in [9.17, 15) is 10.0 Å². The number of carboxylic acid groups (broad SMARTS) is 1. The van der Waals surface area contributed by atoms with E-state index in [0.29, 0.717) is 24.4 Å². The quantitative estimate of drug-likeness (QED) is 0.670. The minimum Gasteiger partial charge on any atom is -0.627 e. The summed E-state index contributed by atoms with van der Waals surface area (Å²) in [6, 6.07) is 16.1. The molecule has 1 amide bonds. The Morgan fingerprint density at radius 1 is 1.13 bits per heavy atom. The van der Waals surface area contributed by atoms with Gasteiger partial charge in [-0.3, -0.25) is 0 Å². The number of benzene rings is 2. The van der Waals surface area contributed by atoms with Gasteiger partial charge in [0.25, 0.3) is 0 Å². The van der Waals surface area contributed by atoms with E-state index in [4.69, 9.17) is 9.84 Å². The SMILES string of the molecule is O=C(O)NC1CC[N+]([O-])(c2ccc(Oc3ccccc3)cc2)C1. The average molecular weight is 314 g/mol. The van der Waals surface area contributed by atoms with Gasteiger partial charge in [-0.25, -0.2) is 4.79 Å². The second-order valence-corrected chi connectivity index (χ2v) is 5.64. The number of hydrogen-bond donors (Lipinski definition) is 2. The largest absolute Gasteiger partial charge is 0.627 e. The van der Waals surface area contributed by atoms with E-state index in [1.165, 1.54) is 0 Å². The zero-order chi connectivity index (χ0) is 16.3. The van der Waals surface area contributed by atoms with E-state index in [2.05, 4.69) is 5.32 Å². The lowest BCUT2D eigenvalue weighted by Gasteiger charge is -2.38. The fourth-order valence-electron chi connectivity index (χ4n) is 2.84. The number of quaternary nitrogens is 1. The van der Waals surface area contributed by atoms with Gasteiger partial charge in [0.15, 0.2) is 0 Å². The van der Waals surface area contributed by atoms with Crippen molar-refractivity contribution in [1.29, 1.82) is 0 Å². The van der Waals surface area contributed by atoms with Crippen LogP contribution in [0.5, 0.6) is 11.5 Å². The molecule has 3 rings (SSSR count). The monoisotopic (exact) mass is 314 g/mol. The lowest BCUT2D eigenvalue weighted by Crippen LogP contribution is -2.44. The summed E-state index contributed by atoms with van der Waals surface area (Å²) in [7, 11) is 0. The maximum absolute atomic E-state index is 12.8. The Kier molecular flexibility index (Phi) is 4.18. The van der Waals surface area contributed by atoms with E-state index in [-0.39, 0.29) is 12.6 Å². The smallest absolute Gasteiger partial charge is 0.405 e. The second-order valence-electron chi connectivity index (χ2n) is 5.64. The van der Waals surface area contributed by atoms with E-state index in [1.54, 1.807) is 24.3 Å². The molecule has 1 heterocycles. The van der Waals surface area contributed by atoms with Crippen LogP contribution in [0.2, 0.25) is 0 Å². The van der Waals surface area contributed by atoms with Crippen LogP contribution in [0, 0.1) is 5.21 Å². The highest BCUT2D eigenvalue weighted by molar-refractivity contribution is 5.65. The number of para-hydroxylation sites is 1. The van der Waals surface area contributed by atoms with Crippen molar-refractivity contribution in [2.75, 3.05) is 13.1 Å². The molecule has 2 unspecified atom stereocenters. The Balaban J connectivity index is 1.68. The molecule has 0 aliphatic carbocycles. The number of amides is 1. The summed E-state index contributed by atoms with van der Waals surface area (Å²) >= 11 is 0. The second kappa shape index (κ2) is 6.28.